The molecule has 0 spiro atoms. The zero-order chi connectivity index (χ0) is 17.4. The minimum absolute atomic E-state index is 0. The second-order valence-corrected chi connectivity index (χ2v) is 7.92. The molecule has 1 aromatic heterocycles. The Morgan fingerprint density at radius 1 is 1.36 bits per heavy atom. The maximum Gasteiger partial charge on any atom is 0.193 e. The topological polar surface area (TPSA) is 34.1 Å². The first-order valence-corrected chi connectivity index (χ1v) is 9.81. The van der Waals surface area contributed by atoms with E-state index in [0.717, 1.165) is 32.0 Å². The molecule has 0 aromatic carbocycles. The largest absolute Gasteiger partial charge is 0.356 e. The molecule has 1 atom stereocenters. The molecule has 2 heterocycles. The molecule has 25 heavy (non-hydrogen) atoms. The van der Waals surface area contributed by atoms with Gasteiger partial charge in [-0.15, -0.1) is 35.3 Å². The average molecular weight is 479 g/mol. The quantitative estimate of drug-likeness (QED) is 0.370. The van der Waals surface area contributed by atoms with E-state index in [1.165, 1.54) is 31.1 Å². The van der Waals surface area contributed by atoms with Gasteiger partial charge >= 0.3 is 0 Å². The van der Waals surface area contributed by atoms with E-state index in [-0.39, 0.29) is 24.0 Å². The van der Waals surface area contributed by atoms with E-state index in [1.54, 1.807) is 0 Å². The first-order chi connectivity index (χ1) is 11.6. The molecular weight excluding hydrogens is 445 g/mol. The lowest BCUT2D eigenvalue weighted by Crippen LogP contribution is -2.47. The molecule has 144 valence electrons. The van der Waals surface area contributed by atoms with Crippen LogP contribution in [0, 0.1) is 5.92 Å². The van der Waals surface area contributed by atoms with Gasteiger partial charge in [0.15, 0.2) is 5.96 Å². The number of aliphatic imine (C=N–C) groups is 1. The standard InChI is InChI=1S/C18H33N5S.HI/c1-16(15-23-11-9-21(3)10-12-23)14-20-18(19-2)22(4)8-7-17-6-5-13-24-17;/h5-6,13,16H,7-12,14-15H2,1-4H3,(H,19,20);1H. The molecule has 7 heteroatoms. The van der Waals surface area contributed by atoms with Gasteiger partial charge in [-0.25, -0.2) is 0 Å². The highest BCUT2D eigenvalue weighted by Gasteiger charge is 2.16. The molecule has 0 amide bonds. The molecule has 1 aliphatic rings. The number of hydrogen-bond acceptors (Lipinski definition) is 4. The summed E-state index contributed by atoms with van der Waals surface area (Å²) in [4.78, 5) is 13.1. The van der Waals surface area contributed by atoms with Crippen molar-refractivity contribution in [1.29, 1.82) is 0 Å². The fourth-order valence-electron chi connectivity index (χ4n) is 3.02. The normalized spacial score (nSPS) is 17.8. The zero-order valence-electron chi connectivity index (χ0n) is 16.1. The Morgan fingerprint density at radius 3 is 2.68 bits per heavy atom. The maximum atomic E-state index is 4.43. The van der Waals surface area contributed by atoms with Crippen LogP contribution in [0.25, 0.3) is 0 Å². The van der Waals surface area contributed by atoms with Crippen molar-refractivity contribution in [2.75, 3.05) is 67.0 Å². The van der Waals surface area contributed by atoms with Crippen molar-refractivity contribution >= 4 is 41.3 Å². The zero-order valence-corrected chi connectivity index (χ0v) is 19.2. The van der Waals surface area contributed by atoms with Gasteiger partial charge in [-0.1, -0.05) is 13.0 Å². The summed E-state index contributed by atoms with van der Waals surface area (Å²) in [5.41, 5.74) is 0. The third kappa shape index (κ3) is 8.23. The van der Waals surface area contributed by atoms with Crippen LogP contribution in [0.15, 0.2) is 22.5 Å². The first kappa shape index (κ1) is 22.7. The van der Waals surface area contributed by atoms with Crippen LogP contribution in [0.2, 0.25) is 0 Å². The van der Waals surface area contributed by atoms with Crippen LogP contribution in [0.4, 0.5) is 0 Å². The summed E-state index contributed by atoms with van der Waals surface area (Å²) in [6.07, 6.45) is 1.08. The first-order valence-electron chi connectivity index (χ1n) is 8.93. The van der Waals surface area contributed by atoms with Crippen molar-refractivity contribution in [3.05, 3.63) is 22.4 Å². The summed E-state index contributed by atoms with van der Waals surface area (Å²) in [7, 11) is 6.20. The van der Waals surface area contributed by atoms with Crippen molar-refractivity contribution in [2.45, 2.75) is 13.3 Å². The Kier molecular flexibility index (Phi) is 11.0. The molecule has 1 saturated heterocycles. The fraction of sp³-hybridized carbons (Fsp3) is 0.722. The molecule has 1 aromatic rings. The van der Waals surface area contributed by atoms with Crippen molar-refractivity contribution in [2.24, 2.45) is 10.9 Å². The fourth-order valence-corrected chi connectivity index (χ4v) is 3.72. The molecule has 1 aliphatic heterocycles. The van der Waals surface area contributed by atoms with Crippen LogP contribution >= 0.6 is 35.3 Å². The Hall–Kier alpha value is -0.380. The van der Waals surface area contributed by atoms with Gasteiger partial charge in [0.2, 0.25) is 0 Å². The van der Waals surface area contributed by atoms with E-state index in [0.29, 0.717) is 5.92 Å². The molecule has 0 radical (unpaired) electrons. The van der Waals surface area contributed by atoms with E-state index in [2.05, 4.69) is 63.5 Å². The number of likely N-dealkylation sites (N-methyl/N-ethyl adjacent to an activating group) is 2. The van der Waals surface area contributed by atoms with E-state index in [4.69, 9.17) is 0 Å². The highest BCUT2D eigenvalue weighted by molar-refractivity contribution is 14.0. The van der Waals surface area contributed by atoms with Crippen LogP contribution in [-0.4, -0.2) is 87.6 Å². The Morgan fingerprint density at radius 2 is 2.08 bits per heavy atom. The highest BCUT2D eigenvalue weighted by Crippen LogP contribution is 2.09. The summed E-state index contributed by atoms with van der Waals surface area (Å²) in [5.74, 6) is 1.62. The smallest absolute Gasteiger partial charge is 0.193 e. The number of nitrogens with one attached hydrogen (secondary N) is 1. The van der Waals surface area contributed by atoms with Gasteiger partial charge < -0.3 is 20.0 Å². The van der Waals surface area contributed by atoms with Crippen molar-refractivity contribution in [3.63, 3.8) is 0 Å². The van der Waals surface area contributed by atoms with E-state index in [1.807, 2.05) is 18.4 Å². The lowest BCUT2D eigenvalue weighted by molar-refractivity contribution is 0.139. The highest BCUT2D eigenvalue weighted by atomic mass is 127. The minimum atomic E-state index is 0. The average Bonchev–Trinajstić information content (AvgIpc) is 3.09. The van der Waals surface area contributed by atoms with Gasteiger partial charge in [-0.3, -0.25) is 4.99 Å². The lowest BCUT2D eigenvalue weighted by Gasteiger charge is -2.34. The second kappa shape index (κ2) is 12.1. The second-order valence-electron chi connectivity index (χ2n) is 6.89. The third-order valence-electron chi connectivity index (χ3n) is 4.62. The number of guanidine groups is 1. The molecule has 0 aliphatic carbocycles. The number of halogens is 1. The van der Waals surface area contributed by atoms with Gasteiger partial charge in [0.25, 0.3) is 0 Å². The monoisotopic (exact) mass is 479 g/mol. The minimum Gasteiger partial charge on any atom is -0.356 e. The number of thiophene rings is 1. The van der Waals surface area contributed by atoms with Crippen LogP contribution < -0.4 is 5.32 Å². The van der Waals surface area contributed by atoms with E-state index < -0.39 is 0 Å². The summed E-state index contributed by atoms with van der Waals surface area (Å²) in [6, 6.07) is 4.32. The van der Waals surface area contributed by atoms with Gasteiger partial charge in [0.05, 0.1) is 0 Å². The van der Waals surface area contributed by atoms with E-state index >= 15 is 0 Å². The Balaban J connectivity index is 0.00000312. The number of piperazine rings is 1. The molecule has 2 rings (SSSR count). The molecule has 5 nitrogen and oxygen atoms in total. The number of rotatable bonds is 7. The number of hydrogen-bond donors (Lipinski definition) is 1. The van der Waals surface area contributed by atoms with Crippen molar-refractivity contribution in [1.82, 2.24) is 20.0 Å². The predicted octanol–water partition coefficient (Wildman–Crippen LogP) is 2.30. The van der Waals surface area contributed by atoms with Crippen LogP contribution in [0.5, 0.6) is 0 Å². The van der Waals surface area contributed by atoms with Gasteiger partial charge in [0, 0.05) is 64.8 Å². The van der Waals surface area contributed by atoms with Crippen LogP contribution in [0.1, 0.15) is 11.8 Å². The van der Waals surface area contributed by atoms with Gasteiger partial charge in [0.1, 0.15) is 0 Å². The molecule has 1 unspecified atom stereocenters. The SMILES string of the molecule is CN=C(NCC(C)CN1CCN(C)CC1)N(C)CCc1cccs1.I. The van der Waals surface area contributed by atoms with Crippen LogP contribution in [-0.2, 0) is 6.42 Å². The van der Waals surface area contributed by atoms with Gasteiger partial charge in [-0.2, -0.15) is 0 Å². The molecule has 1 N–H and O–H groups in total. The summed E-state index contributed by atoms with van der Waals surface area (Å²) < 4.78 is 0. The van der Waals surface area contributed by atoms with Crippen molar-refractivity contribution < 1.29 is 0 Å². The summed E-state index contributed by atoms with van der Waals surface area (Å²) in [6.45, 7) is 10.2. The molecular formula is C18H34IN5S. The summed E-state index contributed by atoms with van der Waals surface area (Å²) in [5, 5.41) is 5.68. The van der Waals surface area contributed by atoms with Crippen LogP contribution in [0.3, 0.4) is 0 Å². The Bertz CT molecular complexity index is 486. The molecule has 0 saturated carbocycles. The molecule has 0 bridgehead atoms. The lowest BCUT2D eigenvalue weighted by atomic mass is 10.1. The summed E-state index contributed by atoms with van der Waals surface area (Å²) >= 11 is 1.83. The van der Waals surface area contributed by atoms with Gasteiger partial charge in [-0.05, 0) is 30.8 Å². The van der Waals surface area contributed by atoms with Crippen molar-refractivity contribution in [3.8, 4) is 0 Å². The van der Waals surface area contributed by atoms with E-state index in [9.17, 15) is 0 Å². The third-order valence-corrected chi connectivity index (χ3v) is 5.56. The maximum absolute atomic E-state index is 4.43. The Labute approximate surface area is 174 Å². The molecule has 1 fully saturated rings. The predicted molar refractivity (Wildman–Crippen MR) is 121 cm³/mol. The number of nitrogens with zero attached hydrogens (tertiary/aromatic N) is 4.